The molecular formula is C18H18O3S. The highest BCUT2D eigenvalue weighted by molar-refractivity contribution is 7.95. The minimum atomic E-state index is -3.79. The van der Waals surface area contributed by atoms with Gasteiger partial charge in [-0.15, -0.1) is 0 Å². The summed E-state index contributed by atoms with van der Waals surface area (Å²) in [5.41, 5.74) is 1.49. The second kappa shape index (κ2) is 6.73. The van der Waals surface area contributed by atoms with Gasteiger partial charge in [0.2, 0.25) is 9.84 Å². The maximum Gasteiger partial charge on any atom is 0.205 e. The molecule has 1 unspecified atom stereocenters. The van der Waals surface area contributed by atoms with Crippen LogP contribution in [0.2, 0.25) is 0 Å². The van der Waals surface area contributed by atoms with Crippen LogP contribution in [0.25, 0.3) is 0 Å². The number of hydrogen-bond donors (Lipinski definition) is 1. The van der Waals surface area contributed by atoms with Crippen molar-refractivity contribution in [2.75, 3.05) is 0 Å². The fourth-order valence-corrected chi connectivity index (χ4v) is 3.57. The van der Waals surface area contributed by atoms with E-state index in [9.17, 15) is 13.5 Å². The van der Waals surface area contributed by atoms with E-state index in [1.807, 2.05) is 13.0 Å². The molecule has 0 amide bonds. The average Bonchev–Trinajstić information content (AvgIpc) is 2.53. The molecule has 4 heteroatoms. The van der Waals surface area contributed by atoms with Crippen LogP contribution in [0.3, 0.4) is 0 Å². The SMILES string of the molecule is C=C/C=C(\C(O)c1ccccc1)S(=O)(=O)c1ccc(C)cc1. The number of allylic oxidation sites excluding steroid dienone is 2. The quantitative estimate of drug-likeness (QED) is 0.858. The molecule has 2 aromatic carbocycles. The minimum Gasteiger partial charge on any atom is -0.383 e. The lowest BCUT2D eigenvalue weighted by molar-refractivity contribution is 0.223. The van der Waals surface area contributed by atoms with Gasteiger partial charge in [0.1, 0.15) is 6.10 Å². The molecule has 0 saturated carbocycles. The van der Waals surface area contributed by atoms with E-state index in [0.29, 0.717) is 5.56 Å². The highest BCUT2D eigenvalue weighted by atomic mass is 32.2. The lowest BCUT2D eigenvalue weighted by Crippen LogP contribution is -2.13. The summed E-state index contributed by atoms with van der Waals surface area (Å²) < 4.78 is 25.5. The number of benzene rings is 2. The average molecular weight is 314 g/mol. The third-order valence-corrected chi connectivity index (χ3v) is 5.18. The third kappa shape index (κ3) is 3.35. The van der Waals surface area contributed by atoms with Gasteiger partial charge in [0.15, 0.2) is 0 Å². The van der Waals surface area contributed by atoms with Gasteiger partial charge in [-0.1, -0.05) is 60.7 Å². The van der Waals surface area contributed by atoms with Crippen LogP contribution in [-0.4, -0.2) is 13.5 Å². The molecule has 1 atom stereocenters. The first-order chi connectivity index (χ1) is 10.5. The molecule has 22 heavy (non-hydrogen) atoms. The molecule has 3 nitrogen and oxygen atoms in total. The predicted molar refractivity (Wildman–Crippen MR) is 88.0 cm³/mol. The molecule has 1 N–H and O–H groups in total. The van der Waals surface area contributed by atoms with Crippen molar-refractivity contribution in [2.45, 2.75) is 17.9 Å². The molecule has 0 aliphatic heterocycles. The Morgan fingerprint density at radius 2 is 1.68 bits per heavy atom. The monoisotopic (exact) mass is 314 g/mol. The van der Waals surface area contributed by atoms with Crippen molar-refractivity contribution < 1.29 is 13.5 Å². The molecule has 0 spiro atoms. The molecule has 0 heterocycles. The van der Waals surface area contributed by atoms with Gasteiger partial charge in [-0.3, -0.25) is 0 Å². The summed E-state index contributed by atoms with van der Waals surface area (Å²) in [6.07, 6.45) is 1.48. The Bertz CT molecular complexity index is 773. The van der Waals surface area contributed by atoms with Gasteiger partial charge >= 0.3 is 0 Å². The Morgan fingerprint density at radius 1 is 1.09 bits per heavy atom. The van der Waals surface area contributed by atoms with Crippen molar-refractivity contribution in [1.29, 1.82) is 0 Å². The molecule has 0 bridgehead atoms. The summed E-state index contributed by atoms with van der Waals surface area (Å²) in [6.45, 7) is 5.43. The fraction of sp³-hybridized carbons (Fsp3) is 0.111. The van der Waals surface area contributed by atoms with E-state index in [2.05, 4.69) is 6.58 Å². The van der Waals surface area contributed by atoms with Crippen LogP contribution in [0.1, 0.15) is 17.2 Å². The molecule has 2 rings (SSSR count). The van der Waals surface area contributed by atoms with Crippen molar-refractivity contribution in [3.63, 3.8) is 0 Å². The zero-order valence-electron chi connectivity index (χ0n) is 12.3. The van der Waals surface area contributed by atoms with Crippen LogP contribution >= 0.6 is 0 Å². The molecule has 0 radical (unpaired) electrons. The first kappa shape index (κ1) is 16.2. The van der Waals surface area contributed by atoms with Gasteiger partial charge in [-0.25, -0.2) is 8.42 Å². The lowest BCUT2D eigenvalue weighted by Gasteiger charge is -2.16. The van der Waals surface area contributed by atoms with Gasteiger partial charge in [0, 0.05) is 0 Å². The Hall–Kier alpha value is -2.17. The molecule has 0 fully saturated rings. The Morgan fingerprint density at radius 3 is 2.23 bits per heavy atom. The molecule has 114 valence electrons. The molecule has 0 aliphatic rings. The third-order valence-electron chi connectivity index (χ3n) is 3.31. The zero-order valence-corrected chi connectivity index (χ0v) is 13.1. The van der Waals surface area contributed by atoms with E-state index in [0.717, 1.165) is 5.56 Å². The molecule has 0 saturated heterocycles. The Labute approximate surface area is 131 Å². The summed E-state index contributed by atoms with van der Waals surface area (Å²) in [7, 11) is -3.79. The number of aliphatic hydroxyl groups is 1. The maximum absolute atomic E-state index is 12.8. The van der Waals surface area contributed by atoms with Crippen molar-refractivity contribution in [3.8, 4) is 0 Å². The second-order valence-corrected chi connectivity index (χ2v) is 6.88. The highest BCUT2D eigenvalue weighted by Gasteiger charge is 2.27. The van der Waals surface area contributed by atoms with E-state index < -0.39 is 15.9 Å². The van der Waals surface area contributed by atoms with E-state index in [1.54, 1.807) is 48.5 Å². The summed E-state index contributed by atoms with van der Waals surface area (Å²) in [6, 6.07) is 15.2. The standard InChI is InChI=1S/C18H18O3S/c1-3-7-17(18(19)15-8-5-4-6-9-15)22(20,21)16-12-10-14(2)11-13-16/h3-13,18-19H,1H2,2H3/b17-7+. The summed E-state index contributed by atoms with van der Waals surface area (Å²) in [4.78, 5) is 0.0683. The van der Waals surface area contributed by atoms with E-state index >= 15 is 0 Å². The van der Waals surface area contributed by atoms with Crippen LogP contribution in [0, 0.1) is 6.92 Å². The number of aryl methyl sites for hydroxylation is 1. The van der Waals surface area contributed by atoms with Crippen molar-refractivity contribution in [3.05, 3.63) is 89.4 Å². The minimum absolute atomic E-state index is 0.0856. The smallest absolute Gasteiger partial charge is 0.205 e. The number of hydrogen-bond acceptors (Lipinski definition) is 3. The largest absolute Gasteiger partial charge is 0.383 e. The second-order valence-electron chi connectivity index (χ2n) is 4.93. The van der Waals surface area contributed by atoms with Crippen LogP contribution in [0.4, 0.5) is 0 Å². The highest BCUT2D eigenvalue weighted by Crippen LogP contribution is 2.30. The van der Waals surface area contributed by atoms with Gasteiger partial charge in [-0.2, -0.15) is 0 Å². The van der Waals surface area contributed by atoms with E-state index in [-0.39, 0.29) is 9.80 Å². The predicted octanol–water partition coefficient (Wildman–Crippen LogP) is 3.57. The first-order valence-corrected chi connectivity index (χ1v) is 8.32. The molecule has 0 aliphatic carbocycles. The summed E-state index contributed by atoms with van der Waals surface area (Å²) >= 11 is 0. The molecular weight excluding hydrogens is 296 g/mol. The van der Waals surface area contributed by atoms with Gasteiger partial charge in [0.05, 0.1) is 9.80 Å². The topological polar surface area (TPSA) is 54.4 Å². The van der Waals surface area contributed by atoms with Crippen LogP contribution in [0.5, 0.6) is 0 Å². The van der Waals surface area contributed by atoms with Crippen LogP contribution < -0.4 is 0 Å². The number of rotatable bonds is 5. The Balaban J connectivity index is 2.50. The van der Waals surface area contributed by atoms with Gasteiger partial charge in [-0.05, 0) is 30.7 Å². The molecule has 2 aromatic rings. The Kier molecular flexibility index (Phi) is 4.96. The van der Waals surface area contributed by atoms with E-state index in [1.165, 1.54) is 12.2 Å². The normalized spacial score (nSPS) is 13.6. The van der Waals surface area contributed by atoms with Gasteiger partial charge < -0.3 is 5.11 Å². The summed E-state index contributed by atoms with van der Waals surface area (Å²) in [5.74, 6) is 0. The van der Waals surface area contributed by atoms with Gasteiger partial charge in [0.25, 0.3) is 0 Å². The van der Waals surface area contributed by atoms with Crippen molar-refractivity contribution in [1.82, 2.24) is 0 Å². The lowest BCUT2D eigenvalue weighted by atomic mass is 10.1. The number of sulfone groups is 1. The fourth-order valence-electron chi connectivity index (χ4n) is 2.10. The number of aliphatic hydroxyl groups excluding tert-OH is 1. The molecule has 0 aromatic heterocycles. The van der Waals surface area contributed by atoms with Crippen LogP contribution in [-0.2, 0) is 9.84 Å². The van der Waals surface area contributed by atoms with E-state index in [4.69, 9.17) is 0 Å². The first-order valence-electron chi connectivity index (χ1n) is 6.84. The van der Waals surface area contributed by atoms with Crippen molar-refractivity contribution in [2.24, 2.45) is 0 Å². The summed E-state index contributed by atoms with van der Waals surface area (Å²) in [5, 5.41) is 10.5. The zero-order chi connectivity index (χ0) is 16.2. The van der Waals surface area contributed by atoms with Crippen molar-refractivity contribution >= 4 is 9.84 Å². The maximum atomic E-state index is 12.8. The van der Waals surface area contributed by atoms with Crippen LogP contribution in [0.15, 0.2) is 83.1 Å².